The van der Waals surface area contributed by atoms with Crippen molar-refractivity contribution in [1.29, 1.82) is 0 Å². The molecule has 2 heterocycles. The minimum atomic E-state index is -0.420. The van der Waals surface area contributed by atoms with Gasteiger partial charge in [0, 0.05) is 38.7 Å². The van der Waals surface area contributed by atoms with Gasteiger partial charge in [0.2, 0.25) is 5.91 Å². The van der Waals surface area contributed by atoms with E-state index in [0.29, 0.717) is 26.2 Å². The molecule has 124 valence electrons. The highest BCUT2D eigenvalue weighted by atomic mass is 16.5. The number of hydrogen-bond donors (Lipinski definition) is 1. The Morgan fingerprint density at radius 3 is 2.35 bits per heavy atom. The Bertz CT molecular complexity index is 628. The molecule has 1 fully saturated rings. The number of aromatic amines is 1. The van der Waals surface area contributed by atoms with Gasteiger partial charge in [-0.05, 0) is 6.07 Å². The summed E-state index contributed by atoms with van der Waals surface area (Å²) in [5.74, 6) is -0.844. The fourth-order valence-corrected chi connectivity index (χ4v) is 2.25. The molecule has 0 bridgehead atoms. The van der Waals surface area contributed by atoms with Crippen molar-refractivity contribution in [3.05, 3.63) is 28.2 Å². The molecule has 1 aliphatic heterocycles. The summed E-state index contributed by atoms with van der Waals surface area (Å²) in [4.78, 5) is 49.4. The van der Waals surface area contributed by atoms with E-state index >= 15 is 0 Å². The van der Waals surface area contributed by atoms with Gasteiger partial charge in [0.15, 0.2) is 0 Å². The topological polar surface area (TPSA) is 113 Å². The number of esters is 1. The van der Waals surface area contributed by atoms with Gasteiger partial charge in [0.1, 0.15) is 5.69 Å². The van der Waals surface area contributed by atoms with Crippen LogP contribution in [0.5, 0.6) is 0 Å². The molecule has 1 saturated heterocycles. The van der Waals surface area contributed by atoms with Gasteiger partial charge >= 0.3 is 5.97 Å². The van der Waals surface area contributed by atoms with Gasteiger partial charge in [-0.25, -0.2) is 5.10 Å². The smallest absolute Gasteiger partial charge is 0.306 e. The third-order valence-electron chi connectivity index (χ3n) is 3.59. The lowest BCUT2D eigenvalue weighted by molar-refractivity contribution is -0.143. The molecule has 1 aromatic rings. The highest BCUT2D eigenvalue weighted by molar-refractivity contribution is 5.92. The molecule has 9 heteroatoms. The molecule has 9 nitrogen and oxygen atoms in total. The minimum Gasteiger partial charge on any atom is -0.469 e. The van der Waals surface area contributed by atoms with E-state index < -0.39 is 5.97 Å². The number of methoxy groups -OCH3 is 1. The minimum absolute atomic E-state index is 0.0514. The number of H-pyrrole nitrogens is 1. The van der Waals surface area contributed by atoms with E-state index in [1.807, 2.05) is 0 Å². The van der Waals surface area contributed by atoms with E-state index in [-0.39, 0.29) is 35.9 Å². The summed E-state index contributed by atoms with van der Waals surface area (Å²) in [6.07, 6.45) is 0.151. The molecule has 0 saturated carbocycles. The third kappa shape index (κ3) is 4.38. The SMILES string of the molecule is COC(=O)CCC(=O)N1CCN(C(=O)c2ccc(=O)[nH]n2)CC1. The highest BCUT2D eigenvalue weighted by Gasteiger charge is 2.25. The predicted octanol–water partition coefficient (Wildman–Crippen LogP) is -0.992. The lowest BCUT2D eigenvalue weighted by Crippen LogP contribution is -2.50. The fraction of sp³-hybridized carbons (Fsp3) is 0.500. The van der Waals surface area contributed by atoms with Crippen molar-refractivity contribution in [2.24, 2.45) is 0 Å². The number of nitrogens with one attached hydrogen (secondary N) is 1. The zero-order valence-corrected chi connectivity index (χ0v) is 12.8. The van der Waals surface area contributed by atoms with Crippen LogP contribution in [-0.4, -0.2) is 71.1 Å². The molecule has 0 aromatic carbocycles. The second-order valence-electron chi connectivity index (χ2n) is 5.06. The van der Waals surface area contributed by atoms with E-state index in [0.717, 1.165) is 0 Å². The van der Waals surface area contributed by atoms with Crippen LogP contribution in [-0.2, 0) is 14.3 Å². The van der Waals surface area contributed by atoms with Gasteiger partial charge in [0.25, 0.3) is 11.5 Å². The first-order chi connectivity index (χ1) is 11.0. The Kier molecular flexibility index (Phi) is 5.45. The monoisotopic (exact) mass is 322 g/mol. The second-order valence-corrected chi connectivity index (χ2v) is 5.06. The summed E-state index contributed by atoms with van der Waals surface area (Å²) < 4.78 is 4.50. The molecule has 23 heavy (non-hydrogen) atoms. The van der Waals surface area contributed by atoms with Crippen LogP contribution in [0.25, 0.3) is 0 Å². The summed E-state index contributed by atoms with van der Waals surface area (Å²) in [7, 11) is 1.28. The van der Waals surface area contributed by atoms with Crippen LogP contribution in [0.15, 0.2) is 16.9 Å². The summed E-state index contributed by atoms with van der Waals surface area (Å²) in [5, 5.41) is 5.92. The molecular weight excluding hydrogens is 304 g/mol. The quantitative estimate of drug-likeness (QED) is 0.712. The third-order valence-corrected chi connectivity index (χ3v) is 3.59. The van der Waals surface area contributed by atoms with Gasteiger partial charge < -0.3 is 14.5 Å². The van der Waals surface area contributed by atoms with E-state index in [9.17, 15) is 19.2 Å². The number of rotatable bonds is 4. The van der Waals surface area contributed by atoms with Gasteiger partial charge in [-0.1, -0.05) is 0 Å². The number of nitrogens with zero attached hydrogens (tertiary/aromatic N) is 3. The van der Waals surface area contributed by atoms with Crippen molar-refractivity contribution in [3.8, 4) is 0 Å². The molecule has 0 spiro atoms. The Morgan fingerprint density at radius 1 is 1.13 bits per heavy atom. The molecule has 1 aromatic heterocycles. The molecule has 0 aliphatic carbocycles. The molecule has 1 N–H and O–H groups in total. The van der Waals surface area contributed by atoms with Crippen LogP contribution < -0.4 is 5.56 Å². The number of aromatic nitrogens is 2. The van der Waals surface area contributed by atoms with Crippen molar-refractivity contribution in [2.75, 3.05) is 33.3 Å². The lowest BCUT2D eigenvalue weighted by Gasteiger charge is -2.34. The van der Waals surface area contributed by atoms with Crippen molar-refractivity contribution < 1.29 is 19.1 Å². The van der Waals surface area contributed by atoms with Crippen molar-refractivity contribution in [3.63, 3.8) is 0 Å². The summed E-state index contributed by atoms with van der Waals surface area (Å²) in [5.41, 5.74) is -0.211. The first-order valence-corrected chi connectivity index (χ1v) is 7.21. The molecule has 2 rings (SSSR count). The van der Waals surface area contributed by atoms with Crippen LogP contribution in [0.3, 0.4) is 0 Å². The first-order valence-electron chi connectivity index (χ1n) is 7.21. The normalized spacial score (nSPS) is 14.5. The van der Waals surface area contributed by atoms with E-state index in [2.05, 4.69) is 14.9 Å². The number of piperazine rings is 1. The maximum atomic E-state index is 12.2. The number of amides is 2. The van der Waals surface area contributed by atoms with Crippen LogP contribution in [0.4, 0.5) is 0 Å². The van der Waals surface area contributed by atoms with Gasteiger partial charge in [-0.15, -0.1) is 0 Å². The predicted molar refractivity (Wildman–Crippen MR) is 78.6 cm³/mol. The van der Waals surface area contributed by atoms with Gasteiger partial charge in [-0.2, -0.15) is 5.10 Å². The summed E-state index contributed by atoms with van der Waals surface area (Å²) in [6.45, 7) is 1.55. The largest absolute Gasteiger partial charge is 0.469 e. The Hall–Kier alpha value is -2.71. The van der Waals surface area contributed by atoms with E-state index in [1.165, 1.54) is 19.2 Å². The fourth-order valence-electron chi connectivity index (χ4n) is 2.25. The van der Waals surface area contributed by atoms with Crippen LogP contribution >= 0.6 is 0 Å². The first kappa shape index (κ1) is 16.7. The van der Waals surface area contributed by atoms with Gasteiger partial charge in [-0.3, -0.25) is 19.2 Å². The van der Waals surface area contributed by atoms with Crippen LogP contribution in [0, 0.1) is 0 Å². The van der Waals surface area contributed by atoms with E-state index in [4.69, 9.17) is 0 Å². The molecule has 1 aliphatic rings. The molecule has 0 unspecified atom stereocenters. The van der Waals surface area contributed by atoms with Crippen molar-refractivity contribution in [2.45, 2.75) is 12.8 Å². The van der Waals surface area contributed by atoms with Crippen LogP contribution in [0.2, 0.25) is 0 Å². The van der Waals surface area contributed by atoms with Gasteiger partial charge in [0.05, 0.1) is 13.5 Å². The number of carbonyl (C=O) groups is 3. The Morgan fingerprint density at radius 2 is 1.78 bits per heavy atom. The summed E-state index contributed by atoms with van der Waals surface area (Å²) in [6, 6.07) is 2.61. The van der Waals surface area contributed by atoms with Crippen molar-refractivity contribution >= 4 is 17.8 Å². The Labute approximate surface area is 132 Å². The number of ether oxygens (including phenoxy) is 1. The highest BCUT2D eigenvalue weighted by Crippen LogP contribution is 2.08. The zero-order chi connectivity index (χ0) is 16.8. The average Bonchev–Trinajstić information content (AvgIpc) is 2.59. The molecule has 0 atom stereocenters. The molecule has 0 radical (unpaired) electrons. The van der Waals surface area contributed by atoms with Crippen molar-refractivity contribution in [1.82, 2.24) is 20.0 Å². The maximum absolute atomic E-state index is 12.2. The van der Waals surface area contributed by atoms with Crippen LogP contribution in [0.1, 0.15) is 23.3 Å². The Balaban J connectivity index is 1.84. The summed E-state index contributed by atoms with van der Waals surface area (Å²) >= 11 is 0. The average molecular weight is 322 g/mol. The second kappa shape index (κ2) is 7.52. The molecule has 2 amide bonds. The molecular formula is C14H18N4O5. The lowest BCUT2D eigenvalue weighted by atomic mass is 10.2. The maximum Gasteiger partial charge on any atom is 0.306 e. The zero-order valence-electron chi connectivity index (χ0n) is 12.8. The number of carbonyl (C=O) groups excluding carboxylic acids is 3. The number of hydrogen-bond acceptors (Lipinski definition) is 6. The standard InChI is InChI=1S/C14H18N4O5/c1-23-13(21)5-4-12(20)17-6-8-18(9-7-17)14(22)10-2-3-11(19)16-15-10/h2-3H,4-9H2,1H3,(H,16,19). The van der Waals surface area contributed by atoms with E-state index in [1.54, 1.807) is 9.80 Å².